The first kappa shape index (κ1) is 16.4. The lowest BCUT2D eigenvalue weighted by Crippen LogP contribution is -2.20. The zero-order chi connectivity index (χ0) is 16.8. The summed E-state index contributed by atoms with van der Waals surface area (Å²) in [6.45, 7) is 1.58. The number of aromatic hydroxyl groups is 1. The fraction of sp³-hybridized carbons (Fsp3) is 0.176. The first-order chi connectivity index (χ1) is 11.0. The van der Waals surface area contributed by atoms with Gasteiger partial charge >= 0.3 is 0 Å². The molecule has 6 nitrogen and oxygen atoms in total. The van der Waals surface area contributed by atoms with Gasteiger partial charge in [-0.15, -0.1) is 0 Å². The van der Waals surface area contributed by atoms with Gasteiger partial charge in [-0.1, -0.05) is 6.07 Å². The number of phenolic OH excluding ortho intramolecular Hbond substituents is 1. The van der Waals surface area contributed by atoms with E-state index in [9.17, 15) is 14.7 Å². The maximum Gasteiger partial charge on any atom is 0.262 e. The maximum absolute atomic E-state index is 11.9. The molecule has 0 atom stereocenters. The minimum absolute atomic E-state index is 0.00809. The second kappa shape index (κ2) is 7.31. The molecule has 0 aliphatic rings. The van der Waals surface area contributed by atoms with Gasteiger partial charge in [-0.25, -0.2) is 0 Å². The smallest absolute Gasteiger partial charge is 0.262 e. The number of aldehydes is 1. The Morgan fingerprint density at radius 1 is 1.22 bits per heavy atom. The third kappa shape index (κ3) is 4.23. The van der Waals surface area contributed by atoms with E-state index in [4.69, 9.17) is 9.47 Å². The van der Waals surface area contributed by atoms with Gasteiger partial charge in [0, 0.05) is 5.56 Å². The van der Waals surface area contributed by atoms with Crippen molar-refractivity contribution < 1.29 is 24.2 Å². The first-order valence-corrected chi connectivity index (χ1v) is 6.89. The van der Waals surface area contributed by atoms with Crippen molar-refractivity contribution in [1.29, 1.82) is 0 Å². The molecule has 0 aliphatic carbocycles. The van der Waals surface area contributed by atoms with E-state index >= 15 is 0 Å². The standard InChI is InChI=1S/C17H17NO5/c1-11-3-5-13(14(20)7-11)18-17(21)10-23-15-6-4-12(9-19)8-16(15)22-2/h3-9,20H,10H2,1-2H3,(H,18,21). The van der Waals surface area contributed by atoms with Crippen molar-refractivity contribution in [3.8, 4) is 17.2 Å². The molecule has 0 bridgehead atoms. The third-order valence-corrected chi connectivity index (χ3v) is 3.11. The fourth-order valence-corrected chi connectivity index (χ4v) is 1.95. The third-order valence-electron chi connectivity index (χ3n) is 3.11. The van der Waals surface area contributed by atoms with Crippen molar-refractivity contribution >= 4 is 17.9 Å². The van der Waals surface area contributed by atoms with Crippen molar-refractivity contribution in [2.45, 2.75) is 6.92 Å². The second-order valence-electron chi connectivity index (χ2n) is 4.89. The fourth-order valence-electron chi connectivity index (χ4n) is 1.95. The topological polar surface area (TPSA) is 84.9 Å². The Hall–Kier alpha value is -3.02. The molecule has 0 fully saturated rings. The minimum atomic E-state index is -0.425. The zero-order valence-electron chi connectivity index (χ0n) is 12.8. The Morgan fingerprint density at radius 3 is 2.65 bits per heavy atom. The molecule has 0 saturated carbocycles. The van der Waals surface area contributed by atoms with Crippen molar-refractivity contribution in [2.75, 3.05) is 19.0 Å². The van der Waals surface area contributed by atoms with Crippen molar-refractivity contribution in [3.63, 3.8) is 0 Å². The Balaban J connectivity index is 2.00. The minimum Gasteiger partial charge on any atom is -0.506 e. The van der Waals surface area contributed by atoms with Gasteiger partial charge in [0.25, 0.3) is 5.91 Å². The summed E-state index contributed by atoms with van der Waals surface area (Å²) in [5, 5.41) is 12.3. The van der Waals surface area contributed by atoms with Crippen LogP contribution in [0.1, 0.15) is 15.9 Å². The van der Waals surface area contributed by atoms with Crippen LogP contribution in [-0.2, 0) is 4.79 Å². The summed E-state index contributed by atoms with van der Waals surface area (Å²) in [4.78, 5) is 22.6. The van der Waals surface area contributed by atoms with Gasteiger partial charge in [0.2, 0.25) is 0 Å². The highest BCUT2D eigenvalue weighted by atomic mass is 16.5. The highest BCUT2D eigenvalue weighted by Gasteiger charge is 2.10. The molecular weight excluding hydrogens is 298 g/mol. The lowest BCUT2D eigenvalue weighted by molar-refractivity contribution is -0.118. The number of phenols is 1. The lowest BCUT2D eigenvalue weighted by atomic mass is 10.2. The number of rotatable bonds is 6. The number of anilines is 1. The molecule has 0 spiro atoms. The Morgan fingerprint density at radius 2 is 2.00 bits per heavy atom. The van der Waals surface area contributed by atoms with Crippen LogP contribution in [0.25, 0.3) is 0 Å². The summed E-state index contributed by atoms with van der Waals surface area (Å²) >= 11 is 0. The Labute approximate surface area is 133 Å². The number of hydrogen-bond donors (Lipinski definition) is 2. The van der Waals surface area contributed by atoms with Crippen molar-refractivity contribution in [1.82, 2.24) is 0 Å². The van der Waals surface area contributed by atoms with Gasteiger partial charge in [-0.3, -0.25) is 9.59 Å². The largest absolute Gasteiger partial charge is 0.506 e. The number of carbonyl (C=O) groups excluding carboxylic acids is 2. The molecule has 0 heterocycles. The number of ether oxygens (including phenoxy) is 2. The summed E-state index contributed by atoms with van der Waals surface area (Å²) < 4.78 is 10.5. The normalized spacial score (nSPS) is 10.0. The molecule has 1 amide bonds. The summed E-state index contributed by atoms with van der Waals surface area (Å²) in [5.74, 6) is 0.277. The van der Waals surface area contributed by atoms with E-state index in [0.29, 0.717) is 29.0 Å². The monoisotopic (exact) mass is 315 g/mol. The van der Waals surface area contributed by atoms with Crippen LogP contribution in [-0.4, -0.2) is 31.0 Å². The highest BCUT2D eigenvalue weighted by Crippen LogP contribution is 2.28. The van der Waals surface area contributed by atoms with Crippen LogP contribution >= 0.6 is 0 Å². The molecule has 2 aromatic rings. The van der Waals surface area contributed by atoms with Crippen LogP contribution < -0.4 is 14.8 Å². The van der Waals surface area contributed by atoms with Gasteiger partial charge in [0.1, 0.15) is 12.0 Å². The predicted octanol–water partition coefficient (Wildman–Crippen LogP) is 2.54. The van der Waals surface area contributed by atoms with Gasteiger partial charge in [0.05, 0.1) is 12.8 Å². The molecule has 2 N–H and O–H groups in total. The molecule has 2 aromatic carbocycles. The molecule has 0 aromatic heterocycles. The van der Waals surface area contributed by atoms with E-state index in [1.165, 1.54) is 13.2 Å². The van der Waals surface area contributed by atoms with Gasteiger partial charge < -0.3 is 19.9 Å². The van der Waals surface area contributed by atoms with Crippen LogP contribution in [0, 0.1) is 6.92 Å². The number of amides is 1. The quantitative estimate of drug-likeness (QED) is 0.632. The molecular formula is C17H17NO5. The van der Waals surface area contributed by atoms with Crippen molar-refractivity contribution in [2.24, 2.45) is 0 Å². The number of aryl methyl sites for hydroxylation is 1. The first-order valence-electron chi connectivity index (χ1n) is 6.89. The highest BCUT2D eigenvalue weighted by molar-refractivity contribution is 5.93. The number of hydrogen-bond acceptors (Lipinski definition) is 5. The van der Waals surface area contributed by atoms with Crippen LogP contribution in [0.3, 0.4) is 0 Å². The van der Waals surface area contributed by atoms with E-state index in [1.54, 1.807) is 30.3 Å². The van der Waals surface area contributed by atoms with E-state index in [1.807, 2.05) is 6.92 Å². The van der Waals surface area contributed by atoms with Crippen LogP contribution in [0.2, 0.25) is 0 Å². The summed E-state index contributed by atoms with van der Waals surface area (Å²) in [6.07, 6.45) is 0.694. The van der Waals surface area contributed by atoms with E-state index < -0.39 is 5.91 Å². The molecule has 0 unspecified atom stereocenters. The molecule has 23 heavy (non-hydrogen) atoms. The second-order valence-corrected chi connectivity index (χ2v) is 4.89. The maximum atomic E-state index is 11.9. The van der Waals surface area contributed by atoms with Gasteiger partial charge in [-0.2, -0.15) is 0 Å². The SMILES string of the molecule is COc1cc(C=O)ccc1OCC(=O)Nc1ccc(C)cc1O. The molecule has 0 saturated heterocycles. The molecule has 0 aliphatic heterocycles. The number of nitrogens with one attached hydrogen (secondary N) is 1. The summed E-state index contributed by atoms with van der Waals surface area (Å²) in [5.41, 5.74) is 1.65. The molecule has 6 heteroatoms. The predicted molar refractivity (Wildman–Crippen MR) is 85.4 cm³/mol. The van der Waals surface area contributed by atoms with Crippen LogP contribution in [0.15, 0.2) is 36.4 Å². The van der Waals surface area contributed by atoms with Gasteiger partial charge in [-0.05, 0) is 42.8 Å². The molecule has 2 rings (SSSR count). The van der Waals surface area contributed by atoms with E-state index in [2.05, 4.69) is 5.32 Å². The van der Waals surface area contributed by atoms with Crippen molar-refractivity contribution in [3.05, 3.63) is 47.5 Å². The van der Waals surface area contributed by atoms with Crippen LogP contribution in [0.4, 0.5) is 5.69 Å². The van der Waals surface area contributed by atoms with Crippen LogP contribution in [0.5, 0.6) is 17.2 Å². The Bertz CT molecular complexity index is 727. The Kier molecular flexibility index (Phi) is 5.19. The van der Waals surface area contributed by atoms with Gasteiger partial charge in [0.15, 0.2) is 18.1 Å². The van der Waals surface area contributed by atoms with E-state index in [-0.39, 0.29) is 12.4 Å². The molecule has 120 valence electrons. The van der Waals surface area contributed by atoms with E-state index in [0.717, 1.165) is 5.56 Å². The number of benzene rings is 2. The summed E-state index contributed by atoms with van der Waals surface area (Å²) in [6, 6.07) is 9.58. The zero-order valence-corrected chi connectivity index (χ0v) is 12.8. The summed E-state index contributed by atoms with van der Waals surface area (Å²) in [7, 11) is 1.45. The number of carbonyl (C=O) groups is 2. The average molecular weight is 315 g/mol. The number of methoxy groups -OCH3 is 1. The lowest BCUT2D eigenvalue weighted by Gasteiger charge is -2.12. The average Bonchev–Trinajstić information content (AvgIpc) is 2.55. The molecule has 0 radical (unpaired) electrons.